The molecule has 0 saturated carbocycles. The number of carboxylic acid groups (broad SMARTS) is 2. The number of unbranched alkanes of at least 4 members (excludes halogenated alkanes) is 18. The Morgan fingerprint density at radius 3 is 1.03 bits per heavy atom. The Balaban J connectivity index is 3.02. The van der Waals surface area contributed by atoms with E-state index in [-0.39, 0.29) is 6.42 Å². The zero-order valence-electron chi connectivity index (χ0n) is 19.5. The summed E-state index contributed by atoms with van der Waals surface area (Å²) in [6.45, 7) is 1.54. The minimum absolute atomic E-state index is 0.221. The highest BCUT2D eigenvalue weighted by molar-refractivity contribution is 5.67. The molecule has 0 aromatic heterocycles. The fourth-order valence-electron chi connectivity index (χ4n) is 3.85. The molecular weight excluding hydrogens is 378 g/mol. The van der Waals surface area contributed by atoms with Gasteiger partial charge in [0.05, 0.1) is 6.42 Å². The Kier molecular flexibility index (Phi) is 23.3. The van der Waals surface area contributed by atoms with Crippen LogP contribution < -0.4 is 5.32 Å². The fraction of sp³-hybridized carbons (Fsp3) is 0.920. The van der Waals surface area contributed by atoms with E-state index in [4.69, 9.17) is 10.2 Å². The maximum atomic E-state index is 10.4. The van der Waals surface area contributed by atoms with E-state index in [1.807, 2.05) is 0 Å². The van der Waals surface area contributed by atoms with Crippen LogP contribution in [0.5, 0.6) is 0 Å². The average molecular weight is 428 g/mol. The predicted molar refractivity (Wildman–Crippen MR) is 125 cm³/mol. The van der Waals surface area contributed by atoms with Crippen molar-refractivity contribution in [2.75, 3.05) is 13.1 Å². The molecule has 30 heavy (non-hydrogen) atoms. The highest BCUT2D eigenvalue weighted by atomic mass is 16.4. The molecule has 0 saturated heterocycles. The maximum absolute atomic E-state index is 10.4. The van der Waals surface area contributed by atoms with Gasteiger partial charge in [0.2, 0.25) is 0 Å². The van der Waals surface area contributed by atoms with Gasteiger partial charge in [-0.2, -0.15) is 0 Å². The second-order valence-electron chi connectivity index (χ2n) is 8.75. The van der Waals surface area contributed by atoms with Crippen molar-refractivity contribution in [3.63, 3.8) is 0 Å². The highest BCUT2D eigenvalue weighted by Crippen LogP contribution is 2.14. The lowest BCUT2D eigenvalue weighted by atomic mass is 10.0. The van der Waals surface area contributed by atoms with Gasteiger partial charge in [0.1, 0.15) is 0 Å². The number of carboxylic acids is 2. The van der Waals surface area contributed by atoms with E-state index in [1.54, 1.807) is 0 Å². The van der Waals surface area contributed by atoms with E-state index in [0.29, 0.717) is 13.0 Å². The van der Waals surface area contributed by atoms with Gasteiger partial charge in [-0.3, -0.25) is 9.59 Å². The number of hydrogen-bond acceptors (Lipinski definition) is 3. The lowest BCUT2D eigenvalue weighted by molar-refractivity contribution is -0.138. The van der Waals surface area contributed by atoms with Crippen LogP contribution in [0.1, 0.15) is 135 Å². The van der Waals surface area contributed by atoms with Gasteiger partial charge in [-0.25, -0.2) is 0 Å². The fourth-order valence-corrected chi connectivity index (χ4v) is 3.85. The van der Waals surface area contributed by atoms with Crippen molar-refractivity contribution in [2.45, 2.75) is 135 Å². The molecule has 5 nitrogen and oxygen atoms in total. The molecule has 0 atom stereocenters. The largest absolute Gasteiger partial charge is 0.481 e. The number of carbonyl (C=O) groups is 2. The Hall–Kier alpha value is -1.10. The lowest BCUT2D eigenvalue weighted by Crippen LogP contribution is -2.19. The first-order chi connectivity index (χ1) is 14.6. The summed E-state index contributed by atoms with van der Waals surface area (Å²) >= 11 is 0. The first-order valence-corrected chi connectivity index (χ1v) is 12.8. The molecule has 0 rings (SSSR count). The van der Waals surface area contributed by atoms with Crippen molar-refractivity contribution in [2.24, 2.45) is 0 Å². The third kappa shape index (κ3) is 26.9. The van der Waals surface area contributed by atoms with Gasteiger partial charge < -0.3 is 15.5 Å². The van der Waals surface area contributed by atoms with Crippen LogP contribution in [0, 0.1) is 0 Å². The van der Waals surface area contributed by atoms with Gasteiger partial charge in [-0.1, -0.05) is 109 Å². The van der Waals surface area contributed by atoms with Gasteiger partial charge in [-0.15, -0.1) is 0 Å². The van der Waals surface area contributed by atoms with Crippen LogP contribution >= 0.6 is 0 Å². The van der Waals surface area contributed by atoms with Crippen molar-refractivity contribution in [1.29, 1.82) is 0 Å². The van der Waals surface area contributed by atoms with Crippen molar-refractivity contribution in [3.05, 3.63) is 0 Å². The van der Waals surface area contributed by atoms with Crippen LogP contribution in [-0.2, 0) is 9.59 Å². The lowest BCUT2D eigenvalue weighted by Gasteiger charge is -2.04. The van der Waals surface area contributed by atoms with Crippen molar-refractivity contribution < 1.29 is 19.8 Å². The molecule has 0 aliphatic heterocycles. The third-order valence-corrected chi connectivity index (χ3v) is 5.76. The molecule has 0 amide bonds. The SMILES string of the molecule is O=C(O)CCCCCCCCCCCCCCCCCCCCCNCCC(=O)O. The van der Waals surface area contributed by atoms with Crippen LogP contribution in [0.4, 0.5) is 0 Å². The van der Waals surface area contributed by atoms with Crippen molar-refractivity contribution in [1.82, 2.24) is 5.32 Å². The van der Waals surface area contributed by atoms with Crippen LogP contribution in [0.25, 0.3) is 0 Å². The smallest absolute Gasteiger partial charge is 0.304 e. The zero-order chi connectivity index (χ0) is 22.1. The highest BCUT2D eigenvalue weighted by Gasteiger charge is 1.98. The molecule has 0 spiro atoms. The van der Waals surface area contributed by atoms with E-state index in [9.17, 15) is 9.59 Å². The van der Waals surface area contributed by atoms with E-state index in [2.05, 4.69) is 5.32 Å². The van der Waals surface area contributed by atoms with Gasteiger partial charge in [0, 0.05) is 13.0 Å². The van der Waals surface area contributed by atoms with Gasteiger partial charge in [-0.05, 0) is 19.4 Å². The van der Waals surface area contributed by atoms with Crippen LogP contribution in [-0.4, -0.2) is 35.2 Å². The number of rotatable bonds is 25. The molecule has 3 N–H and O–H groups in total. The topological polar surface area (TPSA) is 86.6 Å². The number of nitrogens with one attached hydrogen (secondary N) is 1. The minimum Gasteiger partial charge on any atom is -0.481 e. The van der Waals surface area contributed by atoms with Crippen LogP contribution in [0.3, 0.4) is 0 Å². The van der Waals surface area contributed by atoms with Crippen molar-refractivity contribution >= 4 is 11.9 Å². The van der Waals surface area contributed by atoms with E-state index >= 15 is 0 Å². The Labute approximate surface area is 185 Å². The summed E-state index contributed by atoms with van der Waals surface area (Å²) in [4.78, 5) is 20.8. The summed E-state index contributed by atoms with van der Waals surface area (Å²) in [5.41, 5.74) is 0. The average Bonchev–Trinajstić information content (AvgIpc) is 2.70. The summed E-state index contributed by atoms with van der Waals surface area (Å²) < 4.78 is 0. The molecule has 0 aliphatic rings. The summed E-state index contributed by atoms with van der Waals surface area (Å²) in [7, 11) is 0. The molecule has 0 aromatic carbocycles. The summed E-state index contributed by atoms with van der Waals surface area (Å²) in [5, 5.41) is 20.3. The predicted octanol–water partition coefficient (Wildman–Crippen LogP) is 6.94. The van der Waals surface area contributed by atoms with Crippen LogP contribution in [0.2, 0.25) is 0 Å². The van der Waals surface area contributed by atoms with E-state index in [0.717, 1.165) is 25.8 Å². The quantitative estimate of drug-likeness (QED) is 0.137. The molecule has 0 bridgehead atoms. The summed E-state index contributed by atoms with van der Waals surface area (Å²) in [5.74, 6) is -1.39. The molecule has 0 fully saturated rings. The number of hydrogen-bond donors (Lipinski definition) is 3. The first-order valence-electron chi connectivity index (χ1n) is 12.8. The molecule has 0 unspecified atom stereocenters. The molecule has 0 radical (unpaired) electrons. The zero-order valence-corrected chi connectivity index (χ0v) is 19.5. The third-order valence-electron chi connectivity index (χ3n) is 5.76. The Morgan fingerprint density at radius 2 is 0.700 bits per heavy atom. The number of aliphatic carboxylic acids is 2. The maximum Gasteiger partial charge on any atom is 0.304 e. The van der Waals surface area contributed by atoms with Crippen LogP contribution in [0.15, 0.2) is 0 Å². The second-order valence-corrected chi connectivity index (χ2v) is 8.75. The molecule has 178 valence electrons. The monoisotopic (exact) mass is 427 g/mol. The van der Waals surface area contributed by atoms with Gasteiger partial charge in [0.15, 0.2) is 0 Å². The normalized spacial score (nSPS) is 11.1. The standard InChI is InChI=1S/C25H49NO4/c27-24(28)20-18-16-14-12-10-8-6-4-2-1-3-5-7-9-11-13-15-17-19-22-26-23-21-25(29)30/h26H,1-23H2,(H,27,28)(H,29,30). The molecule has 0 aliphatic carbocycles. The van der Waals surface area contributed by atoms with Gasteiger partial charge in [0.25, 0.3) is 0 Å². The molecule has 0 aromatic rings. The molecule has 5 heteroatoms. The molecule has 0 heterocycles. The van der Waals surface area contributed by atoms with Crippen molar-refractivity contribution in [3.8, 4) is 0 Å². The Bertz CT molecular complexity index is 351. The summed E-state index contributed by atoms with van der Waals surface area (Å²) in [6.07, 6.45) is 25.1. The summed E-state index contributed by atoms with van der Waals surface area (Å²) in [6, 6.07) is 0. The van der Waals surface area contributed by atoms with Gasteiger partial charge >= 0.3 is 11.9 Å². The van der Waals surface area contributed by atoms with E-state index < -0.39 is 11.9 Å². The van der Waals surface area contributed by atoms with E-state index in [1.165, 1.54) is 103 Å². The second kappa shape index (κ2) is 24.2. The Morgan fingerprint density at radius 1 is 0.400 bits per heavy atom. The molecular formula is C25H49NO4. The first kappa shape index (κ1) is 28.9. The minimum atomic E-state index is -0.725.